The number of aryl methyl sites for hydroxylation is 1. The zero-order valence-electron chi connectivity index (χ0n) is 16.1. The number of aromatic nitrogens is 2. The van der Waals surface area contributed by atoms with Crippen LogP contribution in [0.3, 0.4) is 0 Å². The third-order valence-corrected chi connectivity index (χ3v) is 5.78. The van der Waals surface area contributed by atoms with E-state index in [-0.39, 0.29) is 53.2 Å². The Morgan fingerprint density at radius 3 is 2.72 bits per heavy atom. The molecule has 2 atom stereocenters. The van der Waals surface area contributed by atoms with Crippen LogP contribution in [0.5, 0.6) is 0 Å². The van der Waals surface area contributed by atoms with Crippen LogP contribution in [0.1, 0.15) is 42.1 Å². The van der Waals surface area contributed by atoms with Crippen LogP contribution < -0.4 is 0 Å². The predicted molar refractivity (Wildman–Crippen MR) is 95.8 cm³/mol. The van der Waals surface area contributed by atoms with E-state index < -0.39 is 17.7 Å². The lowest BCUT2D eigenvalue weighted by molar-refractivity contribution is -0.137. The first-order valence-electron chi connectivity index (χ1n) is 9.52. The van der Waals surface area contributed by atoms with Crippen molar-refractivity contribution in [3.63, 3.8) is 0 Å². The Kier molecular flexibility index (Phi) is 4.74. The fourth-order valence-corrected chi connectivity index (χ4v) is 4.25. The van der Waals surface area contributed by atoms with Gasteiger partial charge < -0.3 is 14.3 Å². The summed E-state index contributed by atoms with van der Waals surface area (Å²) in [6, 6.07) is 1.05. The minimum absolute atomic E-state index is 0.0699. The van der Waals surface area contributed by atoms with Gasteiger partial charge in [-0.3, -0.25) is 9.59 Å². The monoisotopic (exact) mass is 410 g/mol. The molecule has 2 aliphatic heterocycles. The Balaban J connectivity index is 1.61. The van der Waals surface area contributed by atoms with E-state index in [1.165, 1.54) is 11.8 Å². The molecule has 156 valence electrons. The largest absolute Gasteiger partial charge is 0.417 e. The maximum absolute atomic E-state index is 13.6. The van der Waals surface area contributed by atoms with Crippen LogP contribution in [-0.4, -0.2) is 58.4 Å². The van der Waals surface area contributed by atoms with Crippen LogP contribution in [0.4, 0.5) is 13.2 Å². The van der Waals surface area contributed by atoms with Crippen molar-refractivity contribution in [2.45, 2.75) is 38.3 Å². The number of nitrogens with zero attached hydrogens (tertiary/aromatic N) is 4. The van der Waals surface area contributed by atoms with Crippen molar-refractivity contribution in [3.8, 4) is 0 Å². The van der Waals surface area contributed by atoms with Crippen LogP contribution in [0.2, 0.25) is 0 Å². The number of fused-ring (bicyclic) bond motifs is 1. The van der Waals surface area contributed by atoms with Crippen LogP contribution in [0, 0.1) is 12.8 Å². The molecule has 0 saturated carbocycles. The molecule has 29 heavy (non-hydrogen) atoms. The molecule has 4 heterocycles. The van der Waals surface area contributed by atoms with Gasteiger partial charge in [0.2, 0.25) is 11.8 Å². The van der Waals surface area contributed by atoms with E-state index in [9.17, 15) is 22.8 Å². The highest BCUT2D eigenvalue weighted by molar-refractivity contribution is 5.89. The Hall–Kier alpha value is -2.65. The topological polar surface area (TPSA) is 79.5 Å². The van der Waals surface area contributed by atoms with Crippen LogP contribution in [0.15, 0.2) is 10.6 Å². The lowest BCUT2D eigenvalue weighted by Gasteiger charge is -2.34. The molecule has 0 N–H and O–H groups in total. The lowest BCUT2D eigenvalue weighted by Crippen LogP contribution is -2.43. The quantitative estimate of drug-likeness (QED) is 0.761. The number of hydrogen-bond acceptors (Lipinski definition) is 5. The van der Waals surface area contributed by atoms with Crippen molar-refractivity contribution in [3.05, 3.63) is 23.0 Å². The Bertz CT molecular complexity index is 971. The van der Waals surface area contributed by atoms with Gasteiger partial charge in [0.05, 0.1) is 28.3 Å². The minimum Gasteiger partial charge on any atom is -0.345 e. The van der Waals surface area contributed by atoms with E-state index in [0.29, 0.717) is 25.9 Å². The van der Waals surface area contributed by atoms with E-state index in [4.69, 9.17) is 4.52 Å². The lowest BCUT2D eigenvalue weighted by atomic mass is 9.91. The van der Waals surface area contributed by atoms with Crippen molar-refractivity contribution in [2.24, 2.45) is 5.92 Å². The fourth-order valence-electron chi connectivity index (χ4n) is 4.25. The highest BCUT2D eigenvalue weighted by Gasteiger charge is 2.39. The molecule has 7 nitrogen and oxygen atoms in total. The summed E-state index contributed by atoms with van der Waals surface area (Å²) in [7, 11) is 1.66. The SMILES string of the molecule is Cc1noc2nc([C@H]3CCCN(C(=O)[C@@H]4CC(=O)N(C)C4)C3)cc(C(F)(F)F)c12. The van der Waals surface area contributed by atoms with Crippen molar-refractivity contribution in [1.29, 1.82) is 0 Å². The van der Waals surface area contributed by atoms with Gasteiger partial charge in [0.15, 0.2) is 0 Å². The first kappa shape index (κ1) is 19.7. The highest BCUT2D eigenvalue weighted by Crippen LogP contribution is 2.38. The average molecular weight is 410 g/mol. The number of pyridine rings is 1. The van der Waals surface area contributed by atoms with Gasteiger partial charge in [-0.15, -0.1) is 0 Å². The predicted octanol–water partition coefficient (Wildman–Crippen LogP) is 2.73. The number of piperidine rings is 1. The first-order chi connectivity index (χ1) is 13.6. The van der Waals surface area contributed by atoms with E-state index in [1.54, 1.807) is 11.9 Å². The highest BCUT2D eigenvalue weighted by atomic mass is 19.4. The smallest absolute Gasteiger partial charge is 0.345 e. The van der Waals surface area contributed by atoms with Gasteiger partial charge in [0, 0.05) is 39.0 Å². The molecule has 2 amide bonds. The van der Waals surface area contributed by atoms with E-state index in [1.807, 2.05) is 0 Å². The number of alkyl halides is 3. The Morgan fingerprint density at radius 2 is 2.07 bits per heavy atom. The van der Waals surface area contributed by atoms with Gasteiger partial charge in [-0.2, -0.15) is 13.2 Å². The molecule has 2 aromatic heterocycles. The average Bonchev–Trinajstić information content (AvgIpc) is 3.22. The van der Waals surface area contributed by atoms with Crippen LogP contribution in [0.25, 0.3) is 11.1 Å². The Morgan fingerprint density at radius 1 is 1.31 bits per heavy atom. The van der Waals surface area contributed by atoms with E-state index in [0.717, 1.165) is 6.07 Å². The molecule has 0 aromatic carbocycles. The first-order valence-corrected chi connectivity index (χ1v) is 9.52. The molecule has 2 aliphatic rings. The van der Waals surface area contributed by atoms with Gasteiger partial charge >= 0.3 is 6.18 Å². The molecular formula is C19H21F3N4O3. The number of hydrogen-bond donors (Lipinski definition) is 0. The minimum atomic E-state index is -4.56. The second-order valence-corrected chi connectivity index (χ2v) is 7.84. The number of rotatable bonds is 2. The summed E-state index contributed by atoms with van der Waals surface area (Å²) in [5.41, 5.74) is -0.568. The summed E-state index contributed by atoms with van der Waals surface area (Å²) in [5.74, 6) is -0.928. The summed E-state index contributed by atoms with van der Waals surface area (Å²) in [6.07, 6.45) is -3.11. The second-order valence-electron chi connectivity index (χ2n) is 7.84. The van der Waals surface area contributed by atoms with E-state index >= 15 is 0 Å². The number of amides is 2. The summed E-state index contributed by atoms with van der Waals surface area (Å²) in [4.78, 5) is 32.0. The zero-order chi connectivity index (χ0) is 20.9. The molecule has 2 saturated heterocycles. The maximum Gasteiger partial charge on any atom is 0.417 e. The zero-order valence-corrected chi connectivity index (χ0v) is 16.1. The molecule has 0 radical (unpaired) electrons. The van der Waals surface area contributed by atoms with Crippen molar-refractivity contribution in [2.75, 3.05) is 26.7 Å². The number of carbonyl (C=O) groups is 2. The Labute approximate surface area is 164 Å². The number of halogens is 3. The van der Waals surface area contributed by atoms with Crippen molar-refractivity contribution in [1.82, 2.24) is 19.9 Å². The summed E-state index contributed by atoms with van der Waals surface area (Å²) in [5, 5.41) is 3.50. The molecule has 2 aromatic rings. The van der Waals surface area contributed by atoms with Crippen LogP contribution in [-0.2, 0) is 15.8 Å². The summed E-state index contributed by atoms with van der Waals surface area (Å²) in [6.45, 7) is 2.62. The van der Waals surface area contributed by atoms with Gasteiger partial charge in [-0.1, -0.05) is 5.16 Å². The summed E-state index contributed by atoms with van der Waals surface area (Å²) >= 11 is 0. The third kappa shape index (κ3) is 3.56. The maximum atomic E-state index is 13.6. The molecular weight excluding hydrogens is 389 g/mol. The van der Waals surface area contributed by atoms with Gasteiger partial charge in [0.1, 0.15) is 0 Å². The molecule has 0 bridgehead atoms. The van der Waals surface area contributed by atoms with Gasteiger partial charge in [0.25, 0.3) is 5.71 Å². The molecule has 0 unspecified atom stereocenters. The number of carbonyl (C=O) groups excluding carboxylic acids is 2. The van der Waals surface area contributed by atoms with Crippen molar-refractivity contribution < 1.29 is 27.3 Å². The number of likely N-dealkylation sites (tertiary alicyclic amines) is 2. The third-order valence-electron chi connectivity index (χ3n) is 5.78. The molecule has 2 fully saturated rings. The molecule has 4 rings (SSSR count). The molecule has 0 aliphatic carbocycles. The van der Waals surface area contributed by atoms with E-state index in [2.05, 4.69) is 10.1 Å². The molecule has 0 spiro atoms. The van der Waals surface area contributed by atoms with Crippen LogP contribution >= 0.6 is 0 Å². The van der Waals surface area contributed by atoms with Crippen molar-refractivity contribution >= 4 is 22.9 Å². The fraction of sp³-hybridized carbons (Fsp3) is 0.579. The molecule has 10 heteroatoms. The van der Waals surface area contributed by atoms with Gasteiger partial charge in [-0.25, -0.2) is 4.98 Å². The second kappa shape index (κ2) is 7.00. The summed E-state index contributed by atoms with van der Waals surface area (Å²) < 4.78 is 45.8. The standard InChI is InChI=1S/C19H21F3N4O3/c1-10-16-13(19(20,21)22)7-14(23-17(16)29-24-10)11-4-3-5-26(9-11)18(28)12-6-15(27)25(2)8-12/h7,11-12H,3-6,8-9H2,1-2H3/t11-,12+/m0/s1. The van der Waals surface area contributed by atoms with Gasteiger partial charge in [-0.05, 0) is 25.8 Å². The normalized spacial score (nSPS) is 23.3.